The van der Waals surface area contributed by atoms with Crippen LogP contribution in [0.5, 0.6) is 11.5 Å². The standard InChI is InChI=1S/C13H14BrNO5/c1-18-13(17)8(14)6-15-12(16)11-7-19-9-4-2-3-5-10(9)20-11/h2-5,8,11H,6-7H2,1H3,(H,15,16). The fourth-order valence-electron chi connectivity index (χ4n) is 1.66. The number of rotatable bonds is 4. The van der Waals surface area contributed by atoms with Crippen molar-refractivity contribution in [2.75, 3.05) is 20.3 Å². The lowest BCUT2D eigenvalue weighted by Gasteiger charge is -2.25. The lowest BCUT2D eigenvalue weighted by molar-refractivity contribution is -0.139. The van der Waals surface area contributed by atoms with Gasteiger partial charge >= 0.3 is 5.97 Å². The van der Waals surface area contributed by atoms with Crippen LogP contribution in [0.4, 0.5) is 0 Å². The Labute approximate surface area is 124 Å². The summed E-state index contributed by atoms with van der Waals surface area (Å²) in [5.74, 6) is 0.357. The minimum atomic E-state index is -0.734. The number of esters is 1. The molecule has 1 N–H and O–H groups in total. The van der Waals surface area contributed by atoms with Crippen molar-refractivity contribution in [2.24, 2.45) is 0 Å². The molecule has 20 heavy (non-hydrogen) atoms. The second-order valence-electron chi connectivity index (χ2n) is 4.10. The van der Waals surface area contributed by atoms with Gasteiger partial charge in [-0.1, -0.05) is 28.1 Å². The zero-order valence-electron chi connectivity index (χ0n) is 10.8. The van der Waals surface area contributed by atoms with Gasteiger partial charge in [0.25, 0.3) is 5.91 Å². The van der Waals surface area contributed by atoms with Crippen molar-refractivity contribution in [3.8, 4) is 11.5 Å². The Morgan fingerprint density at radius 2 is 2.15 bits per heavy atom. The molecule has 1 heterocycles. The lowest BCUT2D eigenvalue weighted by Crippen LogP contribution is -2.46. The van der Waals surface area contributed by atoms with Crippen LogP contribution in [0.1, 0.15) is 0 Å². The molecule has 0 aliphatic carbocycles. The number of ether oxygens (including phenoxy) is 3. The van der Waals surface area contributed by atoms with Gasteiger partial charge in [0.2, 0.25) is 6.10 Å². The number of para-hydroxylation sites is 2. The minimum Gasteiger partial charge on any atom is -0.485 e. The van der Waals surface area contributed by atoms with Gasteiger partial charge in [0.05, 0.1) is 7.11 Å². The van der Waals surface area contributed by atoms with Crippen LogP contribution in [0.2, 0.25) is 0 Å². The molecule has 6 nitrogen and oxygen atoms in total. The molecule has 0 bridgehead atoms. The average Bonchev–Trinajstić information content (AvgIpc) is 2.50. The quantitative estimate of drug-likeness (QED) is 0.648. The molecule has 0 radical (unpaired) electrons. The Morgan fingerprint density at radius 1 is 1.45 bits per heavy atom. The maximum absolute atomic E-state index is 11.9. The van der Waals surface area contributed by atoms with Crippen LogP contribution >= 0.6 is 15.9 Å². The molecule has 1 aliphatic heterocycles. The molecule has 0 saturated carbocycles. The van der Waals surface area contributed by atoms with Gasteiger partial charge in [0.1, 0.15) is 11.4 Å². The van der Waals surface area contributed by atoms with Gasteiger partial charge in [-0.25, -0.2) is 0 Å². The molecule has 0 aromatic heterocycles. The Hall–Kier alpha value is -1.76. The molecule has 1 aliphatic rings. The number of fused-ring (bicyclic) bond motifs is 1. The molecule has 2 atom stereocenters. The van der Waals surface area contributed by atoms with Crippen molar-refractivity contribution in [3.63, 3.8) is 0 Å². The van der Waals surface area contributed by atoms with E-state index in [1.165, 1.54) is 7.11 Å². The van der Waals surface area contributed by atoms with E-state index < -0.39 is 16.9 Å². The van der Waals surface area contributed by atoms with E-state index in [0.29, 0.717) is 11.5 Å². The van der Waals surface area contributed by atoms with Crippen molar-refractivity contribution in [1.82, 2.24) is 5.32 Å². The van der Waals surface area contributed by atoms with Crippen molar-refractivity contribution in [1.29, 1.82) is 0 Å². The van der Waals surface area contributed by atoms with Crippen LogP contribution in [0.25, 0.3) is 0 Å². The third kappa shape index (κ3) is 3.41. The van der Waals surface area contributed by atoms with Crippen LogP contribution in [-0.2, 0) is 14.3 Å². The number of amides is 1. The smallest absolute Gasteiger partial charge is 0.321 e. The molecular formula is C13H14BrNO5. The first-order valence-corrected chi connectivity index (χ1v) is 6.91. The average molecular weight is 344 g/mol. The number of carbonyl (C=O) groups is 2. The first kappa shape index (κ1) is 14.6. The molecule has 0 spiro atoms. The summed E-state index contributed by atoms with van der Waals surface area (Å²) in [5, 5.41) is 2.61. The van der Waals surface area contributed by atoms with Crippen LogP contribution in [-0.4, -0.2) is 43.1 Å². The fourth-order valence-corrected chi connectivity index (χ4v) is 2.01. The second-order valence-corrected chi connectivity index (χ2v) is 5.21. The van der Waals surface area contributed by atoms with Gasteiger partial charge in [-0.3, -0.25) is 9.59 Å². The monoisotopic (exact) mass is 343 g/mol. The molecule has 7 heteroatoms. The molecule has 2 unspecified atom stereocenters. The molecule has 1 aromatic rings. The van der Waals surface area contributed by atoms with Crippen LogP contribution in [0.15, 0.2) is 24.3 Å². The zero-order valence-corrected chi connectivity index (χ0v) is 12.4. The zero-order chi connectivity index (χ0) is 14.5. The third-order valence-corrected chi connectivity index (χ3v) is 3.41. The van der Waals surface area contributed by atoms with Crippen molar-refractivity contribution in [2.45, 2.75) is 10.9 Å². The second kappa shape index (κ2) is 6.60. The SMILES string of the molecule is COC(=O)C(Br)CNC(=O)C1COc2ccccc2O1. The van der Waals surface area contributed by atoms with Gasteiger partial charge in [-0.15, -0.1) is 0 Å². The summed E-state index contributed by atoms with van der Waals surface area (Å²) in [6.45, 7) is 0.251. The molecule has 1 amide bonds. The predicted molar refractivity (Wildman–Crippen MR) is 74.1 cm³/mol. The maximum Gasteiger partial charge on any atom is 0.321 e. The molecule has 1 aromatic carbocycles. The molecule has 2 rings (SSSR count). The minimum absolute atomic E-state index is 0.118. The summed E-state index contributed by atoms with van der Waals surface area (Å²) in [6, 6.07) is 7.13. The van der Waals surface area contributed by atoms with E-state index in [-0.39, 0.29) is 19.1 Å². The highest BCUT2D eigenvalue weighted by Gasteiger charge is 2.28. The van der Waals surface area contributed by atoms with Crippen molar-refractivity contribution >= 4 is 27.8 Å². The van der Waals surface area contributed by atoms with Gasteiger partial charge in [-0.05, 0) is 12.1 Å². The van der Waals surface area contributed by atoms with E-state index in [1.54, 1.807) is 18.2 Å². The van der Waals surface area contributed by atoms with E-state index in [1.807, 2.05) is 6.07 Å². The van der Waals surface area contributed by atoms with Gasteiger partial charge in [0, 0.05) is 6.54 Å². The summed E-state index contributed by atoms with van der Waals surface area (Å²) >= 11 is 3.12. The maximum atomic E-state index is 11.9. The summed E-state index contributed by atoms with van der Waals surface area (Å²) in [6.07, 6.45) is -0.734. The van der Waals surface area contributed by atoms with Gasteiger partial charge in [-0.2, -0.15) is 0 Å². The first-order valence-electron chi connectivity index (χ1n) is 6.00. The fraction of sp³-hybridized carbons (Fsp3) is 0.385. The Morgan fingerprint density at radius 3 is 2.85 bits per heavy atom. The van der Waals surface area contributed by atoms with Crippen molar-refractivity contribution in [3.05, 3.63) is 24.3 Å². The Bertz CT molecular complexity index is 507. The number of methoxy groups -OCH3 is 1. The van der Waals surface area contributed by atoms with E-state index in [9.17, 15) is 9.59 Å². The number of hydrogen-bond donors (Lipinski definition) is 1. The normalized spacial score (nSPS) is 18.0. The molecule has 0 fully saturated rings. The Balaban J connectivity index is 1.87. The van der Waals surface area contributed by atoms with E-state index >= 15 is 0 Å². The Kier molecular flexibility index (Phi) is 4.84. The van der Waals surface area contributed by atoms with E-state index in [4.69, 9.17) is 9.47 Å². The van der Waals surface area contributed by atoms with Crippen molar-refractivity contribution < 1.29 is 23.8 Å². The van der Waals surface area contributed by atoms with Crippen LogP contribution < -0.4 is 14.8 Å². The summed E-state index contributed by atoms with van der Waals surface area (Å²) < 4.78 is 15.5. The highest BCUT2D eigenvalue weighted by molar-refractivity contribution is 9.10. The summed E-state index contributed by atoms with van der Waals surface area (Å²) in [4.78, 5) is 22.5. The number of nitrogens with one attached hydrogen (secondary N) is 1. The largest absolute Gasteiger partial charge is 0.485 e. The van der Waals surface area contributed by atoms with E-state index in [0.717, 1.165) is 0 Å². The number of hydrogen-bond acceptors (Lipinski definition) is 5. The topological polar surface area (TPSA) is 73.9 Å². The summed E-state index contributed by atoms with van der Waals surface area (Å²) in [7, 11) is 1.29. The number of carbonyl (C=O) groups excluding carboxylic acids is 2. The van der Waals surface area contributed by atoms with Gasteiger partial charge in [0.15, 0.2) is 11.5 Å². The highest BCUT2D eigenvalue weighted by Crippen LogP contribution is 2.30. The molecular weight excluding hydrogens is 330 g/mol. The molecule has 0 saturated heterocycles. The van der Waals surface area contributed by atoms with E-state index in [2.05, 4.69) is 26.0 Å². The first-order chi connectivity index (χ1) is 9.61. The molecule has 108 valence electrons. The number of alkyl halides is 1. The van der Waals surface area contributed by atoms with Crippen LogP contribution in [0, 0.1) is 0 Å². The number of halogens is 1. The highest BCUT2D eigenvalue weighted by atomic mass is 79.9. The van der Waals surface area contributed by atoms with Gasteiger partial charge < -0.3 is 19.5 Å². The number of benzene rings is 1. The third-order valence-electron chi connectivity index (χ3n) is 2.71. The lowest BCUT2D eigenvalue weighted by atomic mass is 10.2. The van der Waals surface area contributed by atoms with Crippen LogP contribution in [0.3, 0.4) is 0 Å². The predicted octanol–water partition coefficient (Wildman–Crippen LogP) is 0.879. The summed E-state index contributed by atoms with van der Waals surface area (Å²) in [5.41, 5.74) is 0.